The van der Waals surface area contributed by atoms with Crippen LogP contribution in [0.3, 0.4) is 0 Å². The fourth-order valence-electron chi connectivity index (χ4n) is 3.00. The highest BCUT2D eigenvalue weighted by Gasteiger charge is 2.24. The Bertz CT molecular complexity index is 788. The maximum Gasteiger partial charge on any atom is 0.321 e. The Balaban J connectivity index is 1.60. The third-order valence-electron chi connectivity index (χ3n) is 4.50. The number of hydrogen-bond acceptors (Lipinski definition) is 3. The molecule has 2 heterocycles. The number of nitrogens with one attached hydrogen (secondary N) is 1. The van der Waals surface area contributed by atoms with Gasteiger partial charge in [0, 0.05) is 19.2 Å². The SMILES string of the molecule is COc1ccc(NC(=O)N2CCC(=Cc3ccc(F)cc3)C(C)C2)cn1. The fraction of sp³-hybridized carbons (Fsp3) is 0.300. The molecule has 2 aromatic rings. The summed E-state index contributed by atoms with van der Waals surface area (Å²) in [6, 6.07) is 9.79. The number of ether oxygens (including phenoxy) is 1. The molecule has 0 bridgehead atoms. The van der Waals surface area contributed by atoms with E-state index in [9.17, 15) is 9.18 Å². The maximum absolute atomic E-state index is 13.0. The van der Waals surface area contributed by atoms with Crippen LogP contribution in [0, 0.1) is 11.7 Å². The predicted octanol–water partition coefficient (Wildman–Crippen LogP) is 4.19. The molecule has 26 heavy (non-hydrogen) atoms. The number of rotatable bonds is 3. The number of amides is 2. The summed E-state index contributed by atoms with van der Waals surface area (Å²) < 4.78 is 18.0. The van der Waals surface area contributed by atoms with Crippen LogP contribution < -0.4 is 10.1 Å². The topological polar surface area (TPSA) is 54.5 Å². The van der Waals surface area contributed by atoms with Gasteiger partial charge in [0.05, 0.1) is 19.0 Å². The molecular formula is C20H22FN3O2. The van der Waals surface area contributed by atoms with Crippen LogP contribution in [0.1, 0.15) is 18.9 Å². The summed E-state index contributed by atoms with van der Waals surface area (Å²) in [5, 5.41) is 2.86. The van der Waals surface area contributed by atoms with E-state index in [1.54, 1.807) is 42.5 Å². The molecule has 1 aromatic carbocycles. The van der Waals surface area contributed by atoms with E-state index in [1.807, 2.05) is 0 Å². The summed E-state index contributed by atoms with van der Waals surface area (Å²) >= 11 is 0. The van der Waals surface area contributed by atoms with Crippen LogP contribution in [0.5, 0.6) is 5.88 Å². The molecule has 2 amide bonds. The molecule has 136 valence electrons. The molecule has 1 fully saturated rings. The lowest BCUT2D eigenvalue weighted by Crippen LogP contribution is -2.42. The molecule has 1 unspecified atom stereocenters. The van der Waals surface area contributed by atoms with E-state index < -0.39 is 0 Å². The third kappa shape index (κ3) is 4.39. The van der Waals surface area contributed by atoms with E-state index >= 15 is 0 Å². The number of anilines is 1. The van der Waals surface area contributed by atoms with Crippen LogP contribution in [0.4, 0.5) is 14.9 Å². The maximum atomic E-state index is 13.0. The number of halogens is 1. The largest absolute Gasteiger partial charge is 0.481 e. The van der Waals surface area contributed by atoms with Gasteiger partial charge in [-0.25, -0.2) is 14.2 Å². The number of aromatic nitrogens is 1. The van der Waals surface area contributed by atoms with Gasteiger partial charge in [-0.2, -0.15) is 0 Å². The Morgan fingerprint density at radius 1 is 1.31 bits per heavy atom. The van der Waals surface area contributed by atoms with Crippen molar-refractivity contribution in [2.24, 2.45) is 5.92 Å². The van der Waals surface area contributed by atoms with Crippen LogP contribution in [0.15, 0.2) is 48.2 Å². The molecule has 1 aliphatic rings. The lowest BCUT2D eigenvalue weighted by molar-refractivity contribution is 0.198. The number of likely N-dealkylation sites (tertiary alicyclic amines) is 1. The molecule has 1 aliphatic heterocycles. The van der Waals surface area contributed by atoms with E-state index in [0.717, 1.165) is 12.0 Å². The van der Waals surface area contributed by atoms with E-state index in [4.69, 9.17) is 4.74 Å². The van der Waals surface area contributed by atoms with Gasteiger partial charge in [0.2, 0.25) is 5.88 Å². The zero-order valence-electron chi connectivity index (χ0n) is 14.9. The summed E-state index contributed by atoms with van der Waals surface area (Å²) in [7, 11) is 1.55. The van der Waals surface area contributed by atoms with Crippen molar-refractivity contribution in [3.05, 3.63) is 59.5 Å². The Labute approximate surface area is 152 Å². The number of methoxy groups -OCH3 is 1. The van der Waals surface area contributed by atoms with E-state index in [-0.39, 0.29) is 17.8 Å². The van der Waals surface area contributed by atoms with Crippen molar-refractivity contribution in [3.63, 3.8) is 0 Å². The number of nitrogens with zero attached hydrogens (tertiary/aromatic N) is 2. The van der Waals surface area contributed by atoms with Gasteiger partial charge in [0.25, 0.3) is 0 Å². The Kier molecular flexibility index (Phi) is 5.51. The molecule has 0 spiro atoms. The van der Waals surface area contributed by atoms with Gasteiger partial charge in [0.15, 0.2) is 0 Å². The smallest absolute Gasteiger partial charge is 0.321 e. The molecule has 1 atom stereocenters. The molecule has 1 aromatic heterocycles. The van der Waals surface area contributed by atoms with Gasteiger partial charge in [0.1, 0.15) is 5.82 Å². The van der Waals surface area contributed by atoms with Gasteiger partial charge < -0.3 is 15.0 Å². The molecule has 0 aliphatic carbocycles. The minimum absolute atomic E-state index is 0.135. The fourth-order valence-corrected chi connectivity index (χ4v) is 3.00. The average Bonchev–Trinajstić information content (AvgIpc) is 2.65. The first-order valence-electron chi connectivity index (χ1n) is 8.57. The minimum Gasteiger partial charge on any atom is -0.481 e. The normalized spacial score (nSPS) is 18.7. The van der Waals surface area contributed by atoms with Gasteiger partial charge in [-0.3, -0.25) is 0 Å². The van der Waals surface area contributed by atoms with Crippen molar-refractivity contribution in [3.8, 4) is 5.88 Å². The van der Waals surface area contributed by atoms with Gasteiger partial charge in [-0.15, -0.1) is 0 Å². The zero-order valence-corrected chi connectivity index (χ0v) is 14.9. The molecular weight excluding hydrogens is 333 g/mol. The van der Waals surface area contributed by atoms with Crippen molar-refractivity contribution in [2.45, 2.75) is 13.3 Å². The lowest BCUT2D eigenvalue weighted by atomic mass is 9.91. The van der Waals surface area contributed by atoms with E-state index in [0.29, 0.717) is 24.7 Å². The lowest BCUT2D eigenvalue weighted by Gasteiger charge is -2.33. The number of piperidine rings is 1. The molecule has 0 saturated carbocycles. The Hall–Kier alpha value is -2.89. The number of carbonyl (C=O) groups is 1. The average molecular weight is 355 g/mol. The zero-order chi connectivity index (χ0) is 18.5. The number of hydrogen-bond donors (Lipinski definition) is 1. The van der Waals surface area contributed by atoms with Crippen molar-refractivity contribution in [1.29, 1.82) is 0 Å². The van der Waals surface area contributed by atoms with Crippen LogP contribution >= 0.6 is 0 Å². The first-order chi connectivity index (χ1) is 12.5. The second-order valence-electron chi connectivity index (χ2n) is 6.39. The molecule has 1 saturated heterocycles. The summed E-state index contributed by atoms with van der Waals surface area (Å²) in [4.78, 5) is 18.4. The predicted molar refractivity (Wildman–Crippen MR) is 99.5 cm³/mol. The van der Waals surface area contributed by atoms with Gasteiger partial charge in [-0.05, 0) is 36.1 Å². The van der Waals surface area contributed by atoms with Crippen molar-refractivity contribution < 1.29 is 13.9 Å². The summed E-state index contributed by atoms with van der Waals surface area (Å²) in [5.41, 5.74) is 2.89. The van der Waals surface area contributed by atoms with Gasteiger partial charge >= 0.3 is 6.03 Å². The molecule has 1 N–H and O–H groups in total. The van der Waals surface area contributed by atoms with Crippen molar-refractivity contribution in [2.75, 3.05) is 25.5 Å². The van der Waals surface area contributed by atoms with Crippen LogP contribution in [0.25, 0.3) is 6.08 Å². The van der Waals surface area contributed by atoms with Crippen LogP contribution in [-0.4, -0.2) is 36.1 Å². The second kappa shape index (κ2) is 7.99. The molecule has 0 radical (unpaired) electrons. The number of benzene rings is 1. The third-order valence-corrected chi connectivity index (χ3v) is 4.50. The highest BCUT2D eigenvalue weighted by Crippen LogP contribution is 2.25. The molecule has 6 heteroatoms. The second-order valence-corrected chi connectivity index (χ2v) is 6.39. The van der Waals surface area contributed by atoms with Crippen molar-refractivity contribution in [1.82, 2.24) is 9.88 Å². The highest BCUT2D eigenvalue weighted by atomic mass is 19.1. The van der Waals surface area contributed by atoms with Crippen LogP contribution in [0.2, 0.25) is 0 Å². The Morgan fingerprint density at radius 3 is 2.69 bits per heavy atom. The quantitative estimate of drug-likeness (QED) is 0.898. The molecule has 3 rings (SSSR count). The Morgan fingerprint density at radius 2 is 2.08 bits per heavy atom. The summed E-state index contributed by atoms with van der Waals surface area (Å²) in [6.45, 7) is 3.39. The number of pyridine rings is 1. The van der Waals surface area contributed by atoms with E-state index in [2.05, 4.69) is 23.3 Å². The highest BCUT2D eigenvalue weighted by molar-refractivity contribution is 5.89. The molecule has 5 nitrogen and oxygen atoms in total. The number of urea groups is 1. The van der Waals surface area contributed by atoms with Gasteiger partial charge in [-0.1, -0.05) is 30.7 Å². The first-order valence-corrected chi connectivity index (χ1v) is 8.57. The first kappa shape index (κ1) is 17.9. The van der Waals surface area contributed by atoms with Crippen molar-refractivity contribution >= 4 is 17.8 Å². The summed E-state index contributed by atoms with van der Waals surface area (Å²) in [5.74, 6) is 0.512. The van der Waals surface area contributed by atoms with Crippen LogP contribution in [-0.2, 0) is 0 Å². The minimum atomic E-state index is -0.236. The standard InChI is InChI=1S/C20H22FN3O2/c1-14-13-24(20(25)23-18-7-8-19(26-2)22-12-18)10-9-16(14)11-15-3-5-17(21)6-4-15/h3-8,11-12,14H,9-10,13H2,1-2H3,(H,23,25). The number of carbonyl (C=O) groups excluding carboxylic acids is 1. The van der Waals surface area contributed by atoms with E-state index in [1.165, 1.54) is 17.7 Å². The summed E-state index contributed by atoms with van der Waals surface area (Å²) in [6.07, 6.45) is 4.46. The monoisotopic (exact) mass is 355 g/mol.